The molecule has 2 amide bonds. The number of hydrogen-bond acceptors (Lipinski definition) is 1. The molecule has 1 aliphatic rings. The molecule has 3 nitrogen and oxygen atoms in total. The van der Waals surface area contributed by atoms with Crippen molar-refractivity contribution in [3.8, 4) is 0 Å². The quantitative estimate of drug-likeness (QED) is 0.856. The van der Waals surface area contributed by atoms with Gasteiger partial charge >= 0.3 is 6.03 Å². The minimum absolute atomic E-state index is 0.0335. The Morgan fingerprint density at radius 2 is 1.95 bits per heavy atom. The van der Waals surface area contributed by atoms with Gasteiger partial charge in [-0.25, -0.2) is 4.79 Å². The highest BCUT2D eigenvalue weighted by molar-refractivity contribution is 5.74. The first kappa shape index (κ1) is 13.9. The molecule has 104 valence electrons. The highest BCUT2D eigenvalue weighted by atomic mass is 16.2. The van der Waals surface area contributed by atoms with E-state index < -0.39 is 0 Å². The maximum Gasteiger partial charge on any atom is 0.315 e. The molecule has 0 aromatic heterocycles. The van der Waals surface area contributed by atoms with E-state index in [0.717, 1.165) is 24.8 Å². The Morgan fingerprint density at radius 3 is 2.68 bits per heavy atom. The Labute approximate surface area is 115 Å². The van der Waals surface area contributed by atoms with E-state index in [1.807, 2.05) is 0 Å². The molecule has 1 aromatic carbocycles. The predicted octanol–water partition coefficient (Wildman–Crippen LogP) is 3.38. The first-order valence-corrected chi connectivity index (χ1v) is 7.40. The summed E-state index contributed by atoms with van der Waals surface area (Å²) in [5, 5.41) is 6.02. The molecule has 3 heteroatoms. The van der Waals surface area contributed by atoms with Gasteiger partial charge in [-0.3, -0.25) is 0 Å². The van der Waals surface area contributed by atoms with Crippen LogP contribution in [0.25, 0.3) is 0 Å². The zero-order chi connectivity index (χ0) is 13.5. The van der Waals surface area contributed by atoms with Crippen molar-refractivity contribution in [1.29, 1.82) is 0 Å². The summed E-state index contributed by atoms with van der Waals surface area (Å²) in [6.07, 6.45) is 7.07. The Kier molecular flexibility index (Phi) is 5.25. The summed E-state index contributed by atoms with van der Waals surface area (Å²) in [4.78, 5) is 11.8. The fourth-order valence-corrected chi connectivity index (χ4v) is 2.63. The van der Waals surface area contributed by atoms with Crippen LogP contribution in [-0.2, 0) is 13.0 Å². The average Bonchev–Trinajstić information content (AvgIpc) is 2.46. The third kappa shape index (κ3) is 4.58. The largest absolute Gasteiger partial charge is 0.335 e. The molecule has 1 fully saturated rings. The van der Waals surface area contributed by atoms with Crippen molar-refractivity contribution < 1.29 is 4.79 Å². The second-order valence-corrected chi connectivity index (χ2v) is 5.34. The number of urea groups is 1. The van der Waals surface area contributed by atoms with E-state index in [1.54, 1.807) is 0 Å². The first-order valence-electron chi connectivity index (χ1n) is 7.40. The van der Waals surface area contributed by atoms with Crippen LogP contribution in [0.2, 0.25) is 0 Å². The monoisotopic (exact) mass is 260 g/mol. The maximum absolute atomic E-state index is 11.8. The van der Waals surface area contributed by atoms with Crippen molar-refractivity contribution >= 4 is 6.03 Å². The lowest BCUT2D eigenvalue weighted by Gasteiger charge is -2.22. The van der Waals surface area contributed by atoms with E-state index in [2.05, 4.69) is 41.8 Å². The number of benzene rings is 1. The SMILES string of the molecule is CCc1cccc(CNC(=O)NC2CCCCC2)c1. The molecular formula is C16H24N2O. The third-order valence-electron chi connectivity index (χ3n) is 3.79. The maximum atomic E-state index is 11.8. The molecule has 0 atom stereocenters. The predicted molar refractivity (Wildman–Crippen MR) is 78.1 cm³/mol. The van der Waals surface area contributed by atoms with Gasteiger partial charge in [0, 0.05) is 12.6 Å². The average molecular weight is 260 g/mol. The van der Waals surface area contributed by atoms with Gasteiger partial charge in [0.25, 0.3) is 0 Å². The second-order valence-electron chi connectivity index (χ2n) is 5.34. The van der Waals surface area contributed by atoms with Crippen molar-refractivity contribution in [2.24, 2.45) is 0 Å². The summed E-state index contributed by atoms with van der Waals surface area (Å²) in [6.45, 7) is 2.74. The molecule has 0 radical (unpaired) electrons. The summed E-state index contributed by atoms with van der Waals surface area (Å²) < 4.78 is 0. The topological polar surface area (TPSA) is 41.1 Å². The summed E-state index contributed by atoms with van der Waals surface area (Å²) in [7, 11) is 0. The van der Waals surface area contributed by atoms with E-state index in [0.29, 0.717) is 12.6 Å². The third-order valence-corrected chi connectivity index (χ3v) is 3.79. The van der Waals surface area contributed by atoms with E-state index in [9.17, 15) is 4.79 Å². The van der Waals surface area contributed by atoms with Crippen LogP contribution in [0.5, 0.6) is 0 Å². The fraction of sp³-hybridized carbons (Fsp3) is 0.562. The smallest absolute Gasteiger partial charge is 0.315 e. The molecular weight excluding hydrogens is 236 g/mol. The van der Waals surface area contributed by atoms with Gasteiger partial charge in [-0.05, 0) is 30.4 Å². The number of hydrogen-bond donors (Lipinski definition) is 2. The van der Waals surface area contributed by atoms with Crippen molar-refractivity contribution in [3.63, 3.8) is 0 Å². The number of carbonyl (C=O) groups is 1. The molecule has 19 heavy (non-hydrogen) atoms. The molecule has 0 heterocycles. The van der Waals surface area contributed by atoms with Gasteiger partial charge in [0.1, 0.15) is 0 Å². The van der Waals surface area contributed by atoms with Crippen LogP contribution in [0.15, 0.2) is 24.3 Å². The molecule has 0 spiro atoms. The van der Waals surface area contributed by atoms with Gasteiger partial charge in [-0.15, -0.1) is 0 Å². The molecule has 1 saturated carbocycles. The summed E-state index contributed by atoms with van der Waals surface area (Å²) >= 11 is 0. The van der Waals surface area contributed by atoms with Gasteiger partial charge in [0.2, 0.25) is 0 Å². The lowest BCUT2D eigenvalue weighted by Crippen LogP contribution is -2.42. The zero-order valence-electron chi connectivity index (χ0n) is 11.7. The normalized spacial score (nSPS) is 16.1. The number of amides is 2. The number of carbonyl (C=O) groups excluding carboxylic acids is 1. The molecule has 0 aliphatic heterocycles. The van der Waals surface area contributed by atoms with Gasteiger partial charge < -0.3 is 10.6 Å². The molecule has 1 aromatic rings. The highest BCUT2D eigenvalue weighted by Crippen LogP contribution is 2.17. The van der Waals surface area contributed by atoms with Gasteiger partial charge in [0.15, 0.2) is 0 Å². The summed E-state index contributed by atoms with van der Waals surface area (Å²) in [5.41, 5.74) is 2.48. The number of aryl methyl sites for hydroxylation is 1. The Bertz CT molecular complexity index is 411. The standard InChI is InChI=1S/C16H24N2O/c1-2-13-7-6-8-14(11-13)12-17-16(19)18-15-9-4-3-5-10-15/h6-8,11,15H,2-5,9-10,12H2,1H3,(H2,17,18,19). The lowest BCUT2D eigenvalue weighted by atomic mass is 9.96. The van der Waals surface area contributed by atoms with Crippen molar-refractivity contribution in [1.82, 2.24) is 10.6 Å². The summed E-state index contributed by atoms with van der Waals surface area (Å²) in [5.74, 6) is 0. The molecule has 0 saturated heterocycles. The van der Waals surface area contributed by atoms with Crippen LogP contribution in [0, 0.1) is 0 Å². The van der Waals surface area contributed by atoms with Crippen molar-refractivity contribution in [2.75, 3.05) is 0 Å². The molecule has 2 rings (SSSR count). The summed E-state index contributed by atoms with van der Waals surface area (Å²) in [6, 6.07) is 8.71. The van der Waals surface area contributed by atoms with Crippen LogP contribution in [0.4, 0.5) is 4.79 Å². The number of nitrogens with one attached hydrogen (secondary N) is 2. The van der Waals surface area contributed by atoms with Gasteiger partial charge in [-0.2, -0.15) is 0 Å². The van der Waals surface area contributed by atoms with Gasteiger partial charge in [0.05, 0.1) is 0 Å². The first-order chi connectivity index (χ1) is 9.28. The minimum atomic E-state index is -0.0335. The van der Waals surface area contributed by atoms with Crippen LogP contribution in [-0.4, -0.2) is 12.1 Å². The highest BCUT2D eigenvalue weighted by Gasteiger charge is 2.15. The van der Waals surface area contributed by atoms with E-state index in [4.69, 9.17) is 0 Å². The molecule has 1 aliphatic carbocycles. The number of rotatable bonds is 4. The van der Waals surface area contributed by atoms with Crippen LogP contribution < -0.4 is 10.6 Å². The molecule has 0 unspecified atom stereocenters. The van der Waals surface area contributed by atoms with Crippen molar-refractivity contribution in [2.45, 2.75) is 58.0 Å². The molecule has 0 bridgehead atoms. The Morgan fingerprint density at radius 1 is 1.21 bits per heavy atom. The second kappa shape index (κ2) is 7.17. The van der Waals surface area contributed by atoms with E-state index in [-0.39, 0.29) is 6.03 Å². The van der Waals surface area contributed by atoms with Crippen LogP contribution >= 0.6 is 0 Å². The fourth-order valence-electron chi connectivity index (χ4n) is 2.63. The Balaban J connectivity index is 1.76. The van der Waals surface area contributed by atoms with Crippen LogP contribution in [0.1, 0.15) is 50.2 Å². The van der Waals surface area contributed by atoms with Crippen LogP contribution in [0.3, 0.4) is 0 Å². The minimum Gasteiger partial charge on any atom is -0.335 e. The Hall–Kier alpha value is -1.51. The zero-order valence-corrected chi connectivity index (χ0v) is 11.7. The van der Waals surface area contributed by atoms with E-state index in [1.165, 1.54) is 24.8 Å². The molecule has 2 N–H and O–H groups in total. The van der Waals surface area contributed by atoms with E-state index >= 15 is 0 Å². The lowest BCUT2D eigenvalue weighted by molar-refractivity contribution is 0.232. The van der Waals surface area contributed by atoms with Gasteiger partial charge in [-0.1, -0.05) is 50.5 Å². The van der Waals surface area contributed by atoms with Crippen molar-refractivity contribution in [3.05, 3.63) is 35.4 Å².